The normalized spacial score (nSPS) is 28.2. The van der Waals surface area contributed by atoms with Gasteiger partial charge in [-0.2, -0.15) is 0 Å². The number of hydrogen-bond acceptors (Lipinski definition) is 4. The largest absolute Gasteiger partial charge is 0.371 e. The number of hydrogen-bond donors (Lipinski definition) is 2. The van der Waals surface area contributed by atoms with Crippen LogP contribution in [0.4, 0.5) is 10.2 Å². The predicted octanol–water partition coefficient (Wildman–Crippen LogP) is 1.09. The number of amides is 1. The molecule has 2 N–H and O–H groups in total. The van der Waals surface area contributed by atoms with E-state index in [1.54, 1.807) is 7.05 Å². The van der Waals surface area contributed by atoms with E-state index in [1.807, 2.05) is 0 Å². The second-order valence-corrected chi connectivity index (χ2v) is 5.49. The number of pyridine rings is 1. The van der Waals surface area contributed by atoms with Crippen LogP contribution in [-0.2, 0) is 0 Å². The summed E-state index contributed by atoms with van der Waals surface area (Å²) in [5.74, 6) is -0.307. The molecule has 20 heavy (non-hydrogen) atoms. The molecule has 3 fully saturated rings. The van der Waals surface area contributed by atoms with Gasteiger partial charge in [-0.25, -0.2) is 9.37 Å². The first-order valence-electron chi connectivity index (χ1n) is 7.04. The maximum atomic E-state index is 14.1. The van der Waals surface area contributed by atoms with Crippen molar-refractivity contribution in [3.05, 3.63) is 23.6 Å². The number of rotatable bonds is 3. The topological polar surface area (TPSA) is 57.3 Å². The molecule has 3 saturated heterocycles. The zero-order valence-electron chi connectivity index (χ0n) is 11.5. The third-order valence-electron chi connectivity index (χ3n) is 4.34. The number of carbonyl (C=O) groups excluding carboxylic acids is 1. The summed E-state index contributed by atoms with van der Waals surface area (Å²) in [4.78, 5) is 18.5. The Labute approximate surface area is 117 Å². The second-order valence-electron chi connectivity index (χ2n) is 5.49. The van der Waals surface area contributed by atoms with E-state index in [0.29, 0.717) is 5.92 Å². The molecule has 3 aliphatic rings. The highest BCUT2D eigenvalue weighted by atomic mass is 19.1. The number of piperidine rings is 3. The van der Waals surface area contributed by atoms with Gasteiger partial charge in [0.25, 0.3) is 5.91 Å². The van der Waals surface area contributed by atoms with E-state index in [0.717, 1.165) is 32.5 Å². The minimum absolute atomic E-state index is 0.0563. The average molecular weight is 278 g/mol. The van der Waals surface area contributed by atoms with Crippen molar-refractivity contribution in [2.24, 2.45) is 5.92 Å². The summed E-state index contributed by atoms with van der Waals surface area (Å²) in [5, 5.41) is 5.63. The molecule has 6 heteroatoms. The lowest BCUT2D eigenvalue weighted by Crippen LogP contribution is -2.57. The third-order valence-corrected chi connectivity index (χ3v) is 4.34. The van der Waals surface area contributed by atoms with Crippen molar-refractivity contribution < 1.29 is 9.18 Å². The highest BCUT2D eigenvalue weighted by molar-refractivity contribution is 5.95. The van der Waals surface area contributed by atoms with Crippen LogP contribution >= 0.6 is 0 Å². The summed E-state index contributed by atoms with van der Waals surface area (Å²) < 4.78 is 14.1. The fraction of sp³-hybridized carbons (Fsp3) is 0.571. The van der Waals surface area contributed by atoms with Gasteiger partial charge >= 0.3 is 0 Å². The molecule has 5 nitrogen and oxygen atoms in total. The number of nitrogens with zero attached hydrogens (tertiary/aromatic N) is 2. The van der Waals surface area contributed by atoms with Gasteiger partial charge in [-0.3, -0.25) is 4.79 Å². The summed E-state index contributed by atoms with van der Waals surface area (Å²) in [6.07, 6.45) is 3.68. The third kappa shape index (κ3) is 2.35. The van der Waals surface area contributed by atoms with Crippen molar-refractivity contribution in [2.75, 3.05) is 32.0 Å². The number of carbonyl (C=O) groups is 1. The summed E-state index contributed by atoms with van der Waals surface area (Å²) in [5.41, 5.74) is 0.0563. The Kier molecular flexibility index (Phi) is 3.56. The van der Waals surface area contributed by atoms with E-state index in [2.05, 4.69) is 20.5 Å². The maximum absolute atomic E-state index is 14.1. The highest BCUT2D eigenvalue weighted by Crippen LogP contribution is 2.27. The van der Waals surface area contributed by atoms with Gasteiger partial charge in [0, 0.05) is 25.8 Å². The van der Waals surface area contributed by atoms with E-state index < -0.39 is 5.82 Å². The van der Waals surface area contributed by atoms with Crippen LogP contribution in [0, 0.1) is 11.7 Å². The number of halogens is 1. The van der Waals surface area contributed by atoms with Crippen LogP contribution in [0.5, 0.6) is 0 Å². The Balaban J connectivity index is 1.73. The van der Waals surface area contributed by atoms with Crippen molar-refractivity contribution in [1.29, 1.82) is 0 Å². The zero-order chi connectivity index (χ0) is 14.1. The van der Waals surface area contributed by atoms with E-state index >= 15 is 0 Å². The van der Waals surface area contributed by atoms with Gasteiger partial charge in [-0.05, 0) is 37.9 Å². The minimum atomic E-state index is -0.589. The summed E-state index contributed by atoms with van der Waals surface area (Å²) in [6.45, 7) is 3.11. The first-order chi connectivity index (χ1) is 9.69. The Bertz CT molecular complexity index is 514. The molecule has 1 unspecified atom stereocenters. The number of anilines is 1. The standard InChI is InChI=1S/C14H19FN4O/c1-16-13-12(15)10(2-5-17-13)14(20)18-11-8-19-6-3-9(11)4-7-19/h2,5,9,11H,3-4,6-8H2,1H3,(H,16,17)(H,18,20). The van der Waals surface area contributed by atoms with Crippen LogP contribution in [0.15, 0.2) is 12.3 Å². The van der Waals surface area contributed by atoms with Crippen molar-refractivity contribution >= 4 is 11.7 Å². The Morgan fingerprint density at radius 3 is 2.80 bits per heavy atom. The van der Waals surface area contributed by atoms with Crippen molar-refractivity contribution in [1.82, 2.24) is 15.2 Å². The Morgan fingerprint density at radius 1 is 1.45 bits per heavy atom. The fourth-order valence-corrected chi connectivity index (χ4v) is 3.17. The monoisotopic (exact) mass is 278 g/mol. The molecular formula is C14H19FN4O. The smallest absolute Gasteiger partial charge is 0.254 e. The lowest BCUT2D eigenvalue weighted by molar-refractivity contribution is 0.0618. The Morgan fingerprint density at radius 2 is 2.20 bits per heavy atom. The molecular weight excluding hydrogens is 259 g/mol. The number of fused-ring (bicyclic) bond motifs is 3. The summed E-state index contributed by atoms with van der Waals surface area (Å²) in [6, 6.07) is 1.56. The van der Waals surface area contributed by atoms with Crippen LogP contribution in [-0.4, -0.2) is 48.5 Å². The molecule has 0 radical (unpaired) electrons. The van der Waals surface area contributed by atoms with Crippen molar-refractivity contribution in [3.63, 3.8) is 0 Å². The molecule has 0 aromatic carbocycles. The average Bonchev–Trinajstić information content (AvgIpc) is 2.48. The molecule has 108 valence electrons. The van der Waals surface area contributed by atoms with E-state index in [4.69, 9.17) is 0 Å². The number of aromatic nitrogens is 1. The van der Waals surface area contributed by atoms with Crippen LogP contribution in [0.2, 0.25) is 0 Å². The lowest BCUT2D eigenvalue weighted by atomic mass is 9.84. The molecule has 2 bridgehead atoms. The SMILES string of the molecule is CNc1nccc(C(=O)NC2CN3CCC2CC3)c1F. The van der Waals surface area contributed by atoms with Crippen LogP contribution in [0.1, 0.15) is 23.2 Å². The van der Waals surface area contributed by atoms with Gasteiger partial charge in [0.1, 0.15) is 0 Å². The van der Waals surface area contributed by atoms with E-state index in [1.165, 1.54) is 12.3 Å². The molecule has 0 spiro atoms. The van der Waals surface area contributed by atoms with Crippen LogP contribution in [0.3, 0.4) is 0 Å². The molecule has 0 saturated carbocycles. The molecule has 4 rings (SSSR count). The molecule has 1 aromatic heterocycles. The molecule has 1 amide bonds. The molecule has 1 atom stereocenters. The molecule has 3 aliphatic heterocycles. The lowest BCUT2D eigenvalue weighted by Gasteiger charge is -2.44. The van der Waals surface area contributed by atoms with Crippen molar-refractivity contribution in [2.45, 2.75) is 18.9 Å². The molecule has 4 heterocycles. The maximum Gasteiger partial charge on any atom is 0.254 e. The first-order valence-corrected chi connectivity index (χ1v) is 7.04. The van der Waals surface area contributed by atoms with Gasteiger partial charge in [0.05, 0.1) is 5.56 Å². The van der Waals surface area contributed by atoms with Gasteiger partial charge in [0.2, 0.25) is 0 Å². The molecule has 1 aromatic rings. The van der Waals surface area contributed by atoms with Gasteiger partial charge in [-0.15, -0.1) is 0 Å². The first kappa shape index (κ1) is 13.3. The fourth-order valence-electron chi connectivity index (χ4n) is 3.17. The van der Waals surface area contributed by atoms with E-state index in [9.17, 15) is 9.18 Å². The second kappa shape index (κ2) is 5.36. The van der Waals surface area contributed by atoms with Gasteiger partial charge in [-0.1, -0.05) is 0 Å². The van der Waals surface area contributed by atoms with Crippen LogP contribution in [0.25, 0.3) is 0 Å². The summed E-state index contributed by atoms with van der Waals surface area (Å²) >= 11 is 0. The Hall–Kier alpha value is -1.69. The quantitative estimate of drug-likeness (QED) is 0.869. The minimum Gasteiger partial charge on any atom is -0.371 e. The van der Waals surface area contributed by atoms with Crippen molar-refractivity contribution in [3.8, 4) is 0 Å². The van der Waals surface area contributed by atoms with E-state index in [-0.39, 0.29) is 23.3 Å². The van der Waals surface area contributed by atoms with Crippen LogP contribution < -0.4 is 10.6 Å². The molecule has 0 aliphatic carbocycles. The summed E-state index contributed by atoms with van der Waals surface area (Å²) in [7, 11) is 1.58. The highest BCUT2D eigenvalue weighted by Gasteiger charge is 2.35. The van der Waals surface area contributed by atoms with Gasteiger partial charge < -0.3 is 15.5 Å². The van der Waals surface area contributed by atoms with Gasteiger partial charge in [0.15, 0.2) is 11.6 Å². The zero-order valence-corrected chi connectivity index (χ0v) is 11.5. The number of nitrogens with one attached hydrogen (secondary N) is 2. The predicted molar refractivity (Wildman–Crippen MR) is 74.2 cm³/mol.